The van der Waals surface area contributed by atoms with Crippen molar-refractivity contribution >= 4 is 0 Å². The molecule has 2 fully saturated rings. The normalized spacial score (nSPS) is 46.7. The Kier molecular flexibility index (Phi) is 6.11. The summed E-state index contributed by atoms with van der Waals surface area (Å²) in [4.78, 5) is 0. The highest BCUT2D eigenvalue weighted by atomic mass is 16.3. The molecule has 0 amide bonds. The van der Waals surface area contributed by atoms with E-state index in [1.165, 1.54) is 63.4 Å². The average Bonchev–Trinajstić information content (AvgIpc) is 3.00. The van der Waals surface area contributed by atoms with Gasteiger partial charge >= 0.3 is 0 Å². The molecule has 0 radical (unpaired) electrons. The van der Waals surface area contributed by atoms with Crippen LogP contribution >= 0.6 is 0 Å². The third-order valence-electron chi connectivity index (χ3n) is 12.0. The van der Waals surface area contributed by atoms with Crippen LogP contribution in [0.25, 0.3) is 0 Å². The van der Waals surface area contributed by atoms with Gasteiger partial charge in [0.1, 0.15) is 0 Å². The maximum Gasteiger partial charge on any atom is 0.0569 e. The van der Waals surface area contributed by atoms with E-state index in [9.17, 15) is 5.11 Å². The van der Waals surface area contributed by atoms with Crippen molar-refractivity contribution in [2.45, 2.75) is 119 Å². The number of rotatable bonds is 5. The lowest BCUT2D eigenvalue weighted by Gasteiger charge is -2.60. The SMILES string of the molecule is C=C(C)C(C)CC[C@@H](C)[C@H]1CC[C@@]2(C)C3=C(CC[C@]12C)[C@@]1(C)CC[C@H](O)[C@@H](C)[C@@H]1CC3. The molecule has 4 aliphatic rings. The van der Waals surface area contributed by atoms with Crippen molar-refractivity contribution < 1.29 is 5.11 Å². The van der Waals surface area contributed by atoms with Gasteiger partial charge in [0.2, 0.25) is 0 Å². The van der Waals surface area contributed by atoms with Gasteiger partial charge in [-0.15, -0.1) is 0 Å². The molecule has 176 valence electrons. The molecule has 2 saturated carbocycles. The molecule has 1 nitrogen and oxygen atoms in total. The van der Waals surface area contributed by atoms with Gasteiger partial charge in [0.15, 0.2) is 0 Å². The van der Waals surface area contributed by atoms with Gasteiger partial charge < -0.3 is 5.11 Å². The molecular weight excluding hydrogens is 376 g/mol. The zero-order valence-corrected chi connectivity index (χ0v) is 21.7. The van der Waals surface area contributed by atoms with E-state index >= 15 is 0 Å². The second-order valence-corrected chi connectivity index (χ2v) is 13.2. The van der Waals surface area contributed by atoms with Crippen LogP contribution in [-0.4, -0.2) is 11.2 Å². The van der Waals surface area contributed by atoms with Crippen molar-refractivity contribution in [3.8, 4) is 0 Å². The van der Waals surface area contributed by atoms with Crippen molar-refractivity contribution in [1.82, 2.24) is 0 Å². The summed E-state index contributed by atoms with van der Waals surface area (Å²) in [5, 5.41) is 10.6. The third-order valence-corrected chi connectivity index (χ3v) is 12.0. The van der Waals surface area contributed by atoms with Crippen LogP contribution in [-0.2, 0) is 0 Å². The Bertz CT molecular complexity index is 748. The van der Waals surface area contributed by atoms with E-state index in [-0.39, 0.29) is 6.10 Å². The molecule has 0 saturated heterocycles. The number of aliphatic hydroxyl groups is 1. The Hall–Kier alpha value is -0.560. The first-order valence-electron chi connectivity index (χ1n) is 13.5. The average molecular weight is 427 g/mol. The molecule has 1 heteroatoms. The predicted molar refractivity (Wildman–Crippen MR) is 133 cm³/mol. The second-order valence-electron chi connectivity index (χ2n) is 13.2. The molecule has 9 atom stereocenters. The molecule has 0 spiro atoms. The molecule has 0 aromatic carbocycles. The highest BCUT2D eigenvalue weighted by molar-refractivity contribution is 5.38. The first-order valence-corrected chi connectivity index (χ1v) is 13.5. The van der Waals surface area contributed by atoms with Gasteiger partial charge in [0, 0.05) is 0 Å². The van der Waals surface area contributed by atoms with Crippen LogP contribution in [0, 0.1) is 45.8 Å². The van der Waals surface area contributed by atoms with E-state index < -0.39 is 0 Å². The highest BCUT2D eigenvalue weighted by Gasteiger charge is 2.62. The van der Waals surface area contributed by atoms with Crippen molar-refractivity contribution in [2.75, 3.05) is 0 Å². The molecule has 4 rings (SSSR count). The predicted octanol–water partition coefficient (Wildman–Crippen LogP) is 8.34. The molecule has 4 aliphatic carbocycles. The van der Waals surface area contributed by atoms with Gasteiger partial charge in [-0.05, 0) is 117 Å². The minimum atomic E-state index is -0.0806. The summed E-state index contributed by atoms with van der Waals surface area (Å²) in [5.74, 6) is 3.47. The lowest BCUT2D eigenvalue weighted by Crippen LogP contribution is -2.51. The molecular formula is C30H50O. The highest BCUT2D eigenvalue weighted by Crippen LogP contribution is 2.71. The van der Waals surface area contributed by atoms with E-state index in [0.29, 0.717) is 34.0 Å². The third kappa shape index (κ3) is 3.43. The Morgan fingerprint density at radius 1 is 1.00 bits per heavy atom. The van der Waals surface area contributed by atoms with Crippen LogP contribution in [0.1, 0.15) is 113 Å². The summed E-state index contributed by atoms with van der Waals surface area (Å²) in [5.41, 5.74) is 6.28. The molecule has 0 aromatic rings. The van der Waals surface area contributed by atoms with Crippen molar-refractivity contribution in [2.24, 2.45) is 45.8 Å². The monoisotopic (exact) mass is 426 g/mol. The summed E-state index contributed by atoms with van der Waals surface area (Å²) < 4.78 is 0. The van der Waals surface area contributed by atoms with Crippen molar-refractivity contribution in [3.63, 3.8) is 0 Å². The summed E-state index contributed by atoms with van der Waals surface area (Å²) in [6, 6.07) is 0. The van der Waals surface area contributed by atoms with Crippen LogP contribution in [0.4, 0.5) is 0 Å². The van der Waals surface area contributed by atoms with Crippen LogP contribution < -0.4 is 0 Å². The number of hydrogen-bond donors (Lipinski definition) is 1. The zero-order chi connectivity index (χ0) is 22.8. The fraction of sp³-hybridized carbons (Fsp3) is 0.867. The summed E-state index contributed by atoms with van der Waals surface area (Å²) in [7, 11) is 0. The van der Waals surface area contributed by atoms with E-state index in [1.807, 2.05) is 11.1 Å². The first-order chi connectivity index (χ1) is 14.5. The van der Waals surface area contributed by atoms with Crippen LogP contribution in [0.3, 0.4) is 0 Å². The van der Waals surface area contributed by atoms with Gasteiger partial charge in [-0.25, -0.2) is 0 Å². The van der Waals surface area contributed by atoms with Crippen LogP contribution in [0.2, 0.25) is 0 Å². The van der Waals surface area contributed by atoms with Crippen LogP contribution in [0.5, 0.6) is 0 Å². The minimum Gasteiger partial charge on any atom is -0.393 e. The van der Waals surface area contributed by atoms with E-state index in [0.717, 1.165) is 18.3 Å². The molecule has 1 N–H and O–H groups in total. The lowest BCUT2D eigenvalue weighted by atomic mass is 9.45. The quantitative estimate of drug-likeness (QED) is 0.438. The number of aliphatic hydroxyl groups excluding tert-OH is 1. The van der Waals surface area contributed by atoms with Gasteiger partial charge in [0.05, 0.1) is 6.10 Å². The molecule has 31 heavy (non-hydrogen) atoms. The summed E-state index contributed by atoms with van der Waals surface area (Å²) >= 11 is 0. The Morgan fingerprint density at radius 2 is 1.71 bits per heavy atom. The second kappa shape index (κ2) is 8.03. The molecule has 0 aliphatic heterocycles. The van der Waals surface area contributed by atoms with Crippen molar-refractivity contribution in [1.29, 1.82) is 0 Å². The zero-order valence-electron chi connectivity index (χ0n) is 21.7. The van der Waals surface area contributed by atoms with Gasteiger partial charge in [-0.3, -0.25) is 0 Å². The first kappa shape index (κ1) is 23.6. The topological polar surface area (TPSA) is 20.2 Å². The lowest BCUT2D eigenvalue weighted by molar-refractivity contribution is -0.0413. The van der Waals surface area contributed by atoms with E-state index in [1.54, 1.807) is 0 Å². The van der Waals surface area contributed by atoms with E-state index in [4.69, 9.17) is 0 Å². The Labute approximate surface area is 193 Å². The number of allylic oxidation sites excluding steroid dienone is 3. The van der Waals surface area contributed by atoms with Gasteiger partial charge in [-0.1, -0.05) is 64.8 Å². The fourth-order valence-electron chi connectivity index (χ4n) is 9.21. The fourth-order valence-corrected chi connectivity index (χ4v) is 9.21. The van der Waals surface area contributed by atoms with Crippen LogP contribution in [0.15, 0.2) is 23.3 Å². The minimum absolute atomic E-state index is 0.0806. The maximum absolute atomic E-state index is 10.6. The van der Waals surface area contributed by atoms with E-state index in [2.05, 4.69) is 55.0 Å². The number of fused-ring (bicyclic) bond motifs is 4. The van der Waals surface area contributed by atoms with Gasteiger partial charge in [-0.2, -0.15) is 0 Å². The van der Waals surface area contributed by atoms with Crippen molar-refractivity contribution in [3.05, 3.63) is 23.3 Å². The molecule has 0 bridgehead atoms. The molecule has 0 heterocycles. The standard InChI is InChI=1S/C30H50O/c1-19(2)20(3)9-10-21(4)23-13-17-30(8)26-12-11-24-22(5)27(31)15-16-28(24,6)25(26)14-18-29(23,30)7/h20-24,27,31H,1,9-18H2,2-8H3/t20?,21-,22+,23-,24+,27+,28+,29-,30+/m1/s1. The summed E-state index contributed by atoms with van der Waals surface area (Å²) in [6.07, 6.45) is 12.9. The molecule has 1 unspecified atom stereocenters. The Balaban J connectivity index is 1.60. The number of hydrogen-bond acceptors (Lipinski definition) is 1. The molecule has 0 aromatic heterocycles. The largest absolute Gasteiger partial charge is 0.393 e. The Morgan fingerprint density at radius 3 is 2.39 bits per heavy atom. The maximum atomic E-state index is 10.6. The summed E-state index contributed by atoms with van der Waals surface area (Å²) in [6.45, 7) is 21.5. The smallest absolute Gasteiger partial charge is 0.0569 e. The van der Waals surface area contributed by atoms with Gasteiger partial charge in [0.25, 0.3) is 0 Å².